The lowest BCUT2D eigenvalue weighted by Gasteiger charge is -2.33. The van der Waals surface area contributed by atoms with Gasteiger partial charge in [0.05, 0.1) is 30.2 Å². The molecule has 3 heterocycles. The highest BCUT2D eigenvalue weighted by Crippen LogP contribution is 2.29. The average molecular weight is 397 g/mol. The van der Waals surface area contributed by atoms with Crippen molar-refractivity contribution in [2.24, 2.45) is 0 Å². The van der Waals surface area contributed by atoms with Crippen LogP contribution in [-0.2, 0) is 9.47 Å². The molecule has 2 aromatic rings. The summed E-state index contributed by atoms with van der Waals surface area (Å²) in [6, 6.07) is 7.18. The van der Waals surface area contributed by atoms with Gasteiger partial charge in [0.2, 0.25) is 0 Å². The molecule has 8 nitrogen and oxygen atoms in total. The van der Waals surface area contributed by atoms with Gasteiger partial charge in [-0.25, -0.2) is 9.97 Å². The Labute approximate surface area is 170 Å². The number of aromatic nitrogens is 2. The summed E-state index contributed by atoms with van der Waals surface area (Å²) in [6.45, 7) is 4.05. The highest BCUT2D eigenvalue weighted by atomic mass is 16.5. The number of benzene rings is 1. The third-order valence-electron chi connectivity index (χ3n) is 5.31. The minimum absolute atomic E-state index is 0.104. The standard InChI is InChI=1S/C21H27N5O3/c1-13(11-27-2)28-14-5-6-18(22)17(7-14)21(23)19-8-20(25-12-24-19)26-9-15-3-4-16(10-26)29-15/h5-8,12-13,15-16,23H,3-4,9-11,22H2,1-2H3. The summed E-state index contributed by atoms with van der Waals surface area (Å²) in [4.78, 5) is 11.0. The van der Waals surface area contributed by atoms with Gasteiger partial charge in [0, 0.05) is 37.5 Å². The summed E-state index contributed by atoms with van der Waals surface area (Å²) >= 11 is 0. The number of hydrogen-bond donors (Lipinski definition) is 2. The monoisotopic (exact) mass is 397 g/mol. The molecule has 3 N–H and O–H groups in total. The Balaban J connectivity index is 1.55. The van der Waals surface area contributed by atoms with Crippen molar-refractivity contribution < 1.29 is 14.2 Å². The zero-order valence-electron chi connectivity index (χ0n) is 16.8. The number of anilines is 2. The minimum atomic E-state index is -0.104. The van der Waals surface area contributed by atoms with Crippen molar-refractivity contribution in [3.63, 3.8) is 0 Å². The number of nitrogens with one attached hydrogen (secondary N) is 1. The van der Waals surface area contributed by atoms with Crippen LogP contribution in [0, 0.1) is 5.41 Å². The molecule has 0 radical (unpaired) electrons. The fraction of sp³-hybridized carbons (Fsp3) is 0.476. The van der Waals surface area contributed by atoms with Crippen LogP contribution in [0.3, 0.4) is 0 Å². The van der Waals surface area contributed by atoms with Gasteiger partial charge < -0.3 is 24.8 Å². The second kappa shape index (κ2) is 8.34. The maximum atomic E-state index is 8.68. The molecule has 4 rings (SSSR count). The highest BCUT2D eigenvalue weighted by molar-refractivity contribution is 6.13. The van der Waals surface area contributed by atoms with Crippen molar-refractivity contribution in [3.05, 3.63) is 41.9 Å². The lowest BCUT2D eigenvalue weighted by Crippen LogP contribution is -2.43. The van der Waals surface area contributed by atoms with Crippen molar-refractivity contribution in [1.29, 1.82) is 5.41 Å². The second-order valence-electron chi connectivity index (χ2n) is 7.63. The van der Waals surface area contributed by atoms with E-state index in [9.17, 15) is 0 Å². The van der Waals surface area contributed by atoms with Crippen LogP contribution < -0.4 is 15.4 Å². The molecule has 2 bridgehead atoms. The van der Waals surface area contributed by atoms with Crippen molar-refractivity contribution in [1.82, 2.24) is 9.97 Å². The van der Waals surface area contributed by atoms with E-state index in [0.29, 0.717) is 29.3 Å². The number of fused-ring (bicyclic) bond motifs is 2. The van der Waals surface area contributed by atoms with Gasteiger partial charge in [-0.1, -0.05) is 0 Å². The maximum absolute atomic E-state index is 8.68. The van der Waals surface area contributed by atoms with Gasteiger partial charge in [0.15, 0.2) is 0 Å². The molecule has 1 aromatic heterocycles. The molecule has 0 aliphatic carbocycles. The summed E-state index contributed by atoms with van der Waals surface area (Å²) in [5.74, 6) is 1.46. The molecule has 2 saturated heterocycles. The molecule has 3 atom stereocenters. The first kappa shape index (κ1) is 19.6. The van der Waals surface area contributed by atoms with E-state index < -0.39 is 0 Å². The Bertz CT molecular complexity index is 878. The Morgan fingerprint density at radius 3 is 2.76 bits per heavy atom. The number of methoxy groups -OCH3 is 1. The van der Waals surface area contributed by atoms with Crippen LogP contribution >= 0.6 is 0 Å². The van der Waals surface area contributed by atoms with E-state index >= 15 is 0 Å². The van der Waals surface area contributed by atoms with E-state index in [1.807, 2.05) is 13.0 Å². The van der Waals surface area contributed by atoms with Crippen LogP contribution in [0.5, 0.6) is 5.75 Å². The van der Waals surface area contributed by atoms with Crippen LogP contribution in [0.4, 0.5) is 11.5 Å². The van der Waals surface area contributed by atoms with Crippen molar-refractivity contribution in [3.8, 4) is 5.75 Å². The number of morpholine rings is 1. The fourth-order valence-electron chi connectivity index (χ4n) is 3.92. The largest absolute Gasteiger partial charge is 0.488 e. The zero-order chi connectivity index (χ0) is 20.4. The van der Waals surface area contributed by atoms with Crippen LogP contribution in [0.15, 0.2) is 30.6 Å². The second-order valence-corrected chi connectivity index (χ2v) is 7.63. The van der Waals surface area contributed by atoms with Crippen LogP contribution in [0.25, 0.3) is 0 Å². The van der Waals surface area contributed by atoms with Gasteiger partial charge in [0.1, 0.15) is 24.0 Å². The molecular formula is C21H27N5O3. The Hall–Kier alpha value is -2.71. The first-order valence-electron chi connectivity index (χ1n) is 9.90. The SMILES string of the molecule is COCC(C)Oc1ccc(N)c(C(=N)c2cc(N3CC4CCC(C3)O4)ncn2)c1. The summed E-state index contributed by atoms with van der Waals surface area (Å²) in [5.41, 5.74) is 8.01. The Morgan fingerprint density at radius 2 is 2.03 bits per heavy atom. The Kier molecular flexibility index (Phi) is 5.64. The molecule has 8 heteroatoms. The molecule has 1 aromatic carbocycles. The van der Waals surface area contributed by atoms with Crippen LogP contribution in [0.1, 0.15) is 31.0 Å². The lowest BCUT2D eigenvalue weighted by atomic mass is 10.0. The van der Waals surface area contributed by atoms with Crippen molar-refractivity contribution in [2.75, 3.05) is 37.4 Å². The normalized spacial score (nSPS) is 21.8. The van der Waals surface area contributed by atoms with Crippen LogP contribution in [-0.4, -0.2) is 60.8 Å². The number of rotatable bonds is 7. The number of ether oxygens (including phenoxy) is 3. The molecule has 0 amide bonds. The summed E-state index contributed by atoms with van der Waals surface area (Å²) in [7, 11) is 1.64. The van der Waals surface area contributed by atoms with E-state index in [2.05, 4.69) is 14.9 Å². The smallest absolute Gasteiger partial charge is 0.132 e. The lowest BCUT2D eigenvalue weighted by molar-refractivity contribution is 0.0302. The van der Waals surface area contributed by atoms with Gasteiger partial charge in [0.25, 0.3) is 0 Å². The van der Waals surface area contributed by atoms with E-state index in [-0.39, 0.29) is 24.0 Å². The molecule has 0 saturated carbocycles. The molecule has 2 fully saturated rings. The molecule has 29 heavy (non-hydrogen) atoms. The fourth-order valence-corrected chi connectivity index (χ4v) is 3.92. The summed E-state index contributed by atoms with van der Waals surface area (Å²) in [6.07, 6.45) is 4.14. The maximum Gasteiger partial charge on any atom is 0.132 e. The number of nitrogen functional groups attached to an aromatic ring is 1. The zero-order valence-corrected chi connectivity index (χ0v) is 16.8. The number of nitrogens with two attached hydrogens (primary N) is 1. The molecule has 2 aliphatic heterocycles. The van der Waals surface area contributed by atoms with Crippen LogP contribution in [0.2, 0.25) is 0 Å². The van der Waals surface area contributed by atoms with Gasteiger partial charge in [-0.15, -0.1) is 0 Å². The molecule has 0 spiro atoms. The number of hydrogen-bond acceptors (Lipinski definition) is 8. The predicted octanol–water partition coefficient (Wildman–Crippen LogP) is 2.26. The van der Waals surface area contributed by atoms with Crippen molar-refractivity contribution >= 4 is 17.2 Å². The van der Waals surface area contributed by atoms with Gasteiger partial charge in [-0.2, -0.15) is 0 Å². The quantitative estimate of drug-likeness (QED) is 0.545. The molecule has 2 aliphatic rings. The van der Waals surface area contributed by atoms with Gasteiger partial charge >= 0.3 is 0 Å². The molecular weight excluding hydrogens is 370 g/mol. The summed E-state index contributed by atoms with van der Waals surface area (Å²) < 4.78 is 16.9. The Morgan fingerprint density at radius 1 is 1.28 bits per heavy atom. The summed E-state index contributed by atoms with van der Waals surface area (Å²) in [5, 5.41) is 8.68. The highest BCUT2D eigenvalue weighted by Gasteiger charge is 2.34. The van der Waals surface area contributed by atoms with Gasteiger partial charge in [-0.05, 0) is 38.0 Å². The van der Waals surface area contributed by atoms with Crippen molar-refractivity contribution in [2.45, 2.75) is 38.1 Å². The third kappa shape index (κ3) is 4.33. The van der Waals surface area contributed by atoms with Gasteiger partial charge in [-0.3, -0.25) is 5.41 Å². The first-order chi connectivity index (χ1) is 14.0. The molecule has 154 valence electrons. The number of nitrogens with zero attached hydrogens (tertiary/aromatic N) is 3. The van der Waals surface area contributed by atoms with E-state index in [1.165, 1.54) is 6.33 Å². The average Bonchev–Trinajstić information content (AvgIpc) is 3.06. The molecule has 3 unspecified atom stereocenters. The third-order valence-corrected chi connectivity index (χ3v) is 5.31. The topological polar surface area (TPSA) is 107 Å². The van der Waals surface area contributed by atoms with E-state index in [0.717, 1.165) is 31.7 Å². The first-order valence-corrected chi connectivity index (χ1v) is 9.90. The predicted molar refractivity (Wildman–Crippen MR) is 111 cm³/mol. The van der Waals surface area contributed by atoms with E-state index in [4.69, 9.17) is 25.4 Å². The van der Waals surface area contributed by atoms with E-state index in [1.54, 1.807) is 25.3 Å². The minimum Gasteiger partial charge on any atom is -0.488 e.